The normalized spacial score (nSPS) is 20.6. The Morgan fingerprint density at radius 2 is 1.09 bits per heavy atom. The first kappa shape index (κ1) is 110. The van der Waals surface area contributed by atoms with Crippen molar-refractivity contribution < 1.29 is 77.2 Å². The number of carboxylic acid groups (broad SMARTS) is 2. The fourth-order valence-electron chi connectivity index (χ4n) is 10.8. The van der Waals surface area contributed by atoms with Crippen LogP contribution in [0.25, 0.3) is 0 Å². The molecule has 0 aliphatic carbocycles. The molecule has 3 aromatic rings. The van der Waals surface area contributed by atoms with Crippen molar-refractivity contribution in [3.8, 4) is 0 Å². The van der Waals surface area contributed by atoms with Crippen LogP contribution in [0.5, 0.6) is 0 Å². The Morgan fingerprint density at radius 1 is 0.646 bits per heavy atom. The fraction of sp³-hybridized carbons (Fsp3) is 0.479. The molecular weight excluding hydrogens is 1520 g/mol. The summed E-state index contributed by atoms with van der Waals surface area (Å²) >= 11 is 2.71. The van der Waals surface area contributed by atoms with Crippen LogP contribution >= 0.6 is 22.8 Å². The maximum atomic E-state index is 12.2. The molecule has 0 aromatic heterocycles. The Balaban J connectivity index is -0.00000132. The maximum absolute atomic E-state index is 12.2. The number of alkyl halides is 1. The van der Waals surface area contributed by atoms with Gasteiger partial charge in [-0.15, -0.1) is 26.3 Å². The Labute approximate surface area is 692 Å². The Bertz CT molecular complexity index is 3250. The van der Waals surface area contributed by atoms with Crippen molar-refractivity contribution in [2.24, 2.45) is 17.8 Å². The number of carbonyl (C=O) groups excluding carboxylic acids is 2. The van der Waals surface area contributed by atoms with Crippen molar-refractivity contribution in [2.75, 3.05) is 79.5 Å². The number of unbranched alkanes of at least 4 members (excludes halogenated alkanes) is 3. The van der Waals surface area contributed by atoms with E-state index in [4.69, 9.17) is 52.9 Å². The minimum Gasteiger partial charge on any atom is -0.481 e. The van der Waals surface area contributed by atoms with E-state index in [0.29, 0.717) is 46.1 Å². The van der Waals surface area contributed by atoms with Gasteiger partial charge in [0, 0.05) is 45.5 Å². The number of aliphatic hydroxyl groups excluding tert-OH is 2. The van der Waals surface area contributed by atoms with Gasteiger partial charge in [0.05, 0.1) is 64.6 Å². The molecule has 0 saturated carbocycles. The maximum Gasteiger partial charge on any atom is 0.329 e. The molecule has 0 saturated heterocycles. The van der Waals surface area contributed by atoms with Crippen LogP contribution in [0.15, 0.2) is 249 Å². The van der Waals surface area contributed by atoms with E-state index >= 15 is 0 Å². The Hall–Kier alpha value is -6.84. The lowest BCUT2D eigenvalue weighted by atomic mass is 9.96. The number of ether oxygens (including phenoxy) is 7. The molecule has 0 bridgehead atoms. The highest BCUT2D eigenvalue weighted by molar-refractivity contribution is 9.09. The van der Waals surface area contributed by atoms with Gasteiger partial charge in [0.25, 0.3) is 0 Å². The Morgan fingerprint density at radius 3 is 1.48 bits per heavy atom. The average molecular weight is 1670 g/mol. The molecular formula is C94H144BrO16PSi. The van der Waals surface area contributed by atoms with Gasteiger partial charge in [0.15, 0.2) is 14.1 Å². The number of aldehydes is 1. The summed E-state index contributed by atoms with van der Waals surface area (Å²) in [5.74, 6) is 0.475. The van der Waals surface area contributed by atoms with Gasteiger partial charge in [-0.1, -0.05) is 288 Å². The topological polar surface area (TPSA) is 223 Å². The third-order valence-corrected chi connectivity index (χ3v) is 26.5. The lowest BCUT2D eigenvalue weighted by Gasteiger charge is -2.42. The molecule has 0 fully saturated rings. The highest BCUT2D eigenvalue weighted by Crippen LogP contribution is 2.44. The number of aliphatic hydroxyl groups is 2. The second-order valence-electron chi connectivity index (χ2n) is 28.3. The van der Waals surface area contributed by atoms with E-state index in [9.17, 15) is 24.3 Å². The summed E-state index contributed by atoms with van der Waals surface area (Å²) in [6.45, 7) is 41.3. The fourth-order valence-corrected chi connectivity index (χ4v) is 16.0. The van der Waals surface area contributed by atoms with Gasteiger partial charge >= 0.3 is 11.9 Å². The quantitative estimate of drug-likeness (QED) is 0.0117. The molecule has 0 spiro atoms. The number of halogens is 1. The predicted molar refractivity (Wildman–Crippen MR) is 484 cm³/mol. The van der Waals surface area contributed by atoms with E-state index in [2.05, 4.69) is 181 Å². The molecule has 3 aromatic carbocycles. The van der Waals surface area contributed by atoms with Crippen molar-refractivity contribution in [3.05, 3.63) is 249 Å². The van der Waals surface area contributed by atoms with Crippen molar-refractivity contribution in [2.45, 2.75) is 196 Å². The summed E-state index contributed by atoms with van der Waals surface area (Å²) in [5, 5.41) is 38.9. The standard InChI is InChI=1S/C24H44O3Si.C21H19OP.C18H28O5.C16H26O3.C7H12O.C5H8O.C2H3BrO2.CH4/c1-11-13-14-15-16-17-26-19-20(3)18-21(4)23(22(12-2)25-8)27-28(9,10)24(5,6)7;1-18(22)17-23(19-11-5-2-6-12-19,20-13-7-3-8-14-20)21-15-9-4-10-16-21;1-14-11-15(2)18(23-13-17(19)20)16(21-3)9-7-5-4-6-8-10-22-12-14;1-13-11-14(2)16(17)15(18-3)9-7-5-4-6-8-10-19-12-13;1-2-3-4-5-6-7-8;1-2-3-4-5-6;3-1-2(4)5;/h11-12,15-16,18,21-23H,1-2,13-14,17,19H2,3-10H3;2-17H,1H3;6-9,11,15-16,18H,4-5,10,12-13H2,1-3H3,(H,19,20);6-9,11,14-17H,4-5,10,12H2,1-3H3;2,5-6,8H,1,3-4,7H2;2,5H,1,3-4H2;1H2,(H,4,5);1H4/b16-15+,20-18-;;8-6+,9-7+,14-11-;8-6+,9-7+,13-11-;6-5+;;;/t21-,22+,23+;;15-,16+,18+;14-,15+,16+;;;;/m1.11..../s1. The van der Waals surface area contributed by atoms with Gasteiger partial charge in [-0.25, -0.2) is 4.79 Å². The number of carboxylic acids is 2. The SMILES string of the molecule is C.C=CCC/C=C/CO.C=CCC/C=C/COC/C(C)=C\[C@@H](C)[C@H](O[Si](C)(C)C(C)(C)C)[C@H](C=C)OC.C=CCCC=O.CC(=O)C=P(c1ccccc1)(c1ccccc1)c1ccccc1.CO[C@H]1/C=C/CC/C=C/COC/C(C)=C\[C@@H](C)[C@@H]1O.CO[C@H]1/C=C/CC/C=C/COC/C(C)=C\[C@@H](C)[C@@H]1OCC(=O)O.O=C(O)CBr. The van der Waals surface area contributed by atoms with E-state index in [1.165, 1.54) is 21.5 Å². The predicted octanol–water partition coefficient (Wildman–Crippen LogP) is 19.7. The van der Waals surface area contributed by atoms with E-state index in [-0.39, 0.29) is 85.1 Å². The van der Waals surface area contributed by atoms with Crippen LogP contribution in [0.3, 0.4) is 0 Å². The molecule has 4 N–H and O–H groups in total. The van der Waals surface area contributed by atoms with Crippen molar-refractivity contribution in [1.29, 1.82) is 0 Å². The summed E-state index contributed by atoms with van der Waals surface area (Å²) in [6.07, 6.45) is 46.4. The first-order valence-corrected chi connectivity index (χ1v) is 44.6. The third-order valence-electron chi connectivity index (χ3n) is 17.5. The number of methoxy groups -OCH3 is 3. The number of aliphatic carboxylic acids is 2. The molecule has 632 valence electrons. The number of hydrogen-bond acceptors (Lipinski definition) is 14. The van der Waals surface area contributed by atoms with E-state index in [0.717, 1.165) is 75.2 Å². The summed E-state index contributed by atoms with van der Waals surface area (Å²) in [5.41, 5.74) is 3.43. The summed E-state index contributed by atoms with van der Waals surface area (Å²) in [7, 11) is 3.04. The molecule has 5 rings (SSSR count). The lowest BCUT2D eigenvalue weighted by molar-refractivity contribution is -0.148. The lowest BCUT2D eigenvalue weighted by Crippen LogP contribution is -2.49. The van der Waals surface area contributed by atoms with Crippen LogP contribution < -0.4 is 15.9 Å². The second-order valence-corrected chi connectivity index (χ2v) is 36.9. The molecule has 2 aliphatic rings. The molecule has 16 nitrogen and oxygen atoms in total. The van der Waals surface area contributed by atoms with Gasteiger partial charge in [-0.2, -0.15) is 0 Å². The highest BCUT2D eigenvalue weighted by atomic mass is 79.9. The monoisotopic (exact) mass is 1670 g/mol. The smallest absolute Gasteiger partial charge is 0.329 e. The summed E-state index contributed by atoms with van der Waals surface area (Å²) in [4.78, 5) is 41.8. The molecule has 0 unspecified atom stereocenters. The number of carbonyl (C=O) groups is 4. The summed E-state index contributed by atoms with van der Waals surface area (Å²) in [6, 6.07) is 31.1. The Kier molecular flexibility index (Phi) is 67.8. The second kappa shape index (κ2) is 69.5. The largest absolute Gasteiger partial charge is 0.481 e. The third kappa shape index (κ3) is 52.4. The molecule has 113 heavy (non-hydrogen) atoms. The number of ketones is 1. The average Bonchev–Trinajstić information content (AvgIpc) is 0.756. The minimum atomic E-state index is -2.08. The van der Waals surface area contributed by atoms with E-state index in [1.807, 2.05) is 137 Å². The van der Waals surface area contributed by atoms with Gasteiger partial charge in [0.2, 0.25) is 0 Å². The molecule has 2 aliphatic heterocycles. The first-order chi connectivity index (χ1) is 53.5. The van der Waals surface area contributed by atoms with Gasteiger partial charge in [-0.05, 0) is 132 Å². The van der Waals surface area contributed by atoms with Gasteiger partial charge in [-0.3, -0.25) is 9.59 Å². The van der Waals surface area contributed by atoms with E-state index < -0.39 is 33.2 Å². The van der Waals surface area contributed by atoms with E-state index in [1.54, 1.807) is 40.4 Å². The first-order valence-electron chi connectivity index (χ1n) is 38.7. The van der Waals surface area contributed by atoms with Crippen molar-refractivity contribution in [1.82, 2.24) is 0 Å². The van der Waals surface area contributed by atoms with Crippen molar-refractivity contribution in [3.63, 3.8) is 0 Å². The number of allylic oxidation sites excluding steroid dienone is 9. The number of Topliss-reactive ketones (excluding diaryl/α,β-unsaturated/α-hetero) is 1. The van der Waals surface area contributed by atoms with Gasteiger partial charge < -0.3 is 62.8 Å². The number of hydrogen-bond donors (Lipinski definition) is 4. The molecule has 2 heterocycles. The van der Waals surface area contributed by atoms with Gasteiger partial charge in [0.1, 0.15) is 36.5 Å². The molecule has 9 atom stereocenters. The molecule has 0 radical (unpaired) electrons. The molecule has 0 amide bonds. The van der Waals surface area contributed by atoms with Crippen LogP contribution in [-0.2, 0) is 56.8 Å². The summed E-state index contributed by atoms with van der Waals surface area (Å²) < 4.78 is 45.8. The highest BCUT2D eigenvalue weighted by Gasteiger charge is 2.42. The van der Waals surface area contributed by atoms with Crippen LogP contribution in [-0.4, -0.2) is 175 Å². The minimum absolute atomic E-state index is 0. The number of rotatable bonds is 31. The number of benzene rings is 3. The van der Waals surface area contributed by atoms with Crippen LogP contribution in [0.1, 0.15) is 141 Å². The zero-order chi connectivity index (χ0) is 84.4. The van der Waals surface area contributed by atoms with Crippen LogP contribution in [0, 0.1) is 17.8 Å². The zero-order valence-corrected chi connectivity index (χ0v) is 73.7. The zero-order valence-electron chi connectivity index (χ0n) is 70.3. The van der Waals surface area contributed by atoms with Crippen LogP contribution in [0.2, 0.25) is 18.1 Å². The molecule has 19 heteroatoms. The van der Waals surface area contributed by atoms with Crippen LogP contribution in [0.4, 0.5) is 0 Å². The van der Waals surface area contributed by atoms with Crippen molar-refractivity contribution >= 4 is 76.9 Å².